The lowest BCUT2D eigenvalue weighted by Gasteiger charge is -2.17. The summed E-state index contributed by atoms with van der Waals surface area (Å²) in [5.41, 5.74) is 4.34. The lowest BCUT2D eigenvalue weighted by Crippen LogP contribution is -2.29. The minimum Gasteiger partial charge on any atom is -0.277 e. The molecule has 0 saturated carbocycles. The van der Waals surface area contributed by atoms with Crippen molar-refractivity contribution in [2.24, 2.45) is 0 Å². The number of aryl methyl sites for hydroxylation is 1. The number of carbonyl (C=O) groups is 4. The first kappa shape index (κ1) is 20.1. The van der Waals surface area contributed by atoms with E-state index in [1.807, 2.05) is 37.3 Å². The Balaban J connectivity index is 1.44. The van der Waals surface area contributed by atoms with E-state index in [1.165, 1.54) is 11.9 Å². The first-order valence-electron chi connectivity index (χ1n) is 10.8. The number of hydrogen-bond acceptors (Lipinski definition) is 4. The predicted molar refractivity (Wildman–Crippen MR) is 128 cm³/mol. The third-order valence-electron chi connectivity index (χ3n) is 6.67. The lowest BCUT2D eigenvalue weighted by atomic mass is 9.97. The van der Waals surface area contributed by atoms with Crippen LogP contribution in [0.3, 0.4) is 0 Å². The Morgan fingerprint density at radius 2 is 1.09 bits per heavy atom. The number of rotatable bonds is 2. The smallest absolute Gasteiger partial charge is 0.266 e. The highest BCUT2D eigenvalue weighted by Crippen LogP contribution is 2.36. The molecule has 0 unspecified atom stereocenters. The molecule has 34 heavy (non-hydrogen) atoms. The van der Waals surface area contributed by atoms with Gasteiger partial charge >= 0.3 is 0 Å². The molecule has 0 aromatic heterocycles. The van der Waals surface area contributed by atoms with Gasteiger partial charge in [-0.1, -0.05) is 42.5 Å². The molecule has 6 rings (SSSR count). The van der Waals surface area contributed by atoms with E-state index in [9.17, 15) is 19.2 Å². The third kappa shape index (κ3) is 2.62. The van der Waals surface area contributed by atoms with Crippen molar-refractivity contribution >= 4 is 40.1 Å². The van der Waals surface area contributed by atoms with Gasteiger partial charge in [-0.15, -0.1) is 0 Å². The zero-order valence-electron chi connectivity index (χ0n) is 18.5. The molecule has 164 valence electrons. The SMILES string of the molecule is Cc1cccc2c(N3C(=O)c4ccc(-c5ccc6c(c5)C(=O)N(C)C6=O)cc4C3=O)cccc12. The lowest BCUT2D eigenvalue weighted by molar-refractivity contribution is 0.0692. The Bertz CT molecular complexity index is 1620. The molecule has 0 bridgehead atoms. The molecule has 2 aliphatic rings. The van der Waals surface area contributed by atoms with Crippen LogP contribution in [0.5, 0.6) is 0 Å². The quantitative estimate of drug-likeness (QED) is 0.413. The van der Waals surface area contributed by atoms with Crippen LogP contribution in [0.25, 0.3) is 21.9 Å². The van der Waals surface area contributed by atoms with Crippen LogP contribution in [0.1, 0.15) is 47.0 Å². The number of carbonyl (C=O) groups excluding carboxylic acids is 4. The molecule has 4 amide bonds. The fourth-order valence-corrected chi connectivity index (χ4v) is 4.83. The van der Waals surface area contributed by atoms with Crippen molar-refractivity contribution < 1.29 is 19.2 Å². The second-order valence-electron chi connectivity index (χ2n) is 8.58. The summed E-state index contributed by atoms with van der Waals surface area (Å²) in [5.74, 6) is -1.44. The number of anilines is 1. The van der Waals surface area contributed by atoms with Crippen LogP contribution in [0.15, 0.2) is 72.8 Å². The summed E-state index contributed by atoms with van der Waals surface area (Å²) in [4.78, 5) is 53.6. The Labute approximate surface area is 195 Å². The van der Waals surface area contributed by atoms with Gasteiger partial charge in [-0.2, -0.15) is 0 Å². The molecular formula is C28H18N2O4. The summed E-state index contributed by atoms with van der Waals surface area (Å²) in [6, 6.07) is 21.5. The van der Waals surface area contributed by atoms with Crippen LogP contribution >= 0.6 is 0 Å². The largest absolute Gasteiger partial charge is 0.277 e. The van der Waals surface area contributed by atoms with Crippen molar-refractivity contribution in [1.29, 1.82) is 0 Å². The van der Waals surface area contributed by atoms with E-state index in [0.717, 1.165) is 21.2 Å². The van der Waals surface area contributed by atoms with E-state index < -0.39 is 0 Å². The molecule has 0 radical (unpaired) electrons. The molecule has 0 saturated heterocycles. The summed E-state index contributed by atoms with van der Waals surface area (Å²) in [7, 11) is 1.45. The number of fused-ring (bicyclic) bond motifs is 3. The van der Waals surface area contributed by atoms with Gasteiger partial charge in [0.15, 0.2) is 0 Å². The first-order chi connectivity index (χ1) is 16.4. The van der Waals surface area contributed by atoms with Crippen molar-refractivity contribution in [1.82, 2.24) is 4.90 Å². The standard InChI is InChI=1S/C28H18N2O4/c1-15-5-3-7-19-18(15)6-4-8-24(19)30-27(33)21-12-10-17(14-23(21)28(30)34)16-9-11-20-22(13-16)26(32)29(2)25(20)31/h3-14H,1-2H3. The summed E-state index contributed by atoms with van der Waals surface area (Å²) < 4.78 is 0. The number of benzene rings is 4. The van der Waals surface area contributed by atoms with Gasteiger partial charge < -0.3 is 0 Å². The van der Waals surface area contributed by atoms with E-state index in [2.05, 4.69) is 0 Å². The van der Waals surface area contributed by atoms with Gasteiger partial charge in [0.1, 0.15) is 0 Å². The van der Waals surface area contributed by atoms with Crippen molar-refractivity contribution in [3.8, 4) is 11.1 Å². The molecule has 6 nitrogen and oxygen atoms in total. The average Bonchev–Trinajstić information content (AvgIpc) is 3.23. The van der Waals surface area contributed by atoms with Gasteiger partial charge in [-0.3, -0.25) is 24.1 Å². The molecule has 2 heterocycles. The second-order valence-corrected chi connectivity index (χ2v) is 8.58. The fourth-order valence-electron chi connectivity index (χ4n) is 4.83. The molecule has 4 aromatic rings. The average molecular weight is 446 g/mol. The fraction of sp³-hybridized carbons (Fsp3) is 0.0714. The van der Waals surface area contributed by atoms with Crippen LogP contribution in [-0.2, 0) is 0 Å². The van der Waals surface area contributed by atoms with Crippen LogP contribution in [0, 0.1) is 6.92 Å². The predicted octanol–water partition coefficient (Wildman–Crippen LogP) is 4.84. The van der Waals surface area contributed by atoms with Gasteiger partial charge in [0.2, 0.25) is 0 Å². The van der Waals surface area contributed by atoms with Gasteiger partial charge in [0.05, 0.1) is 27.9 Å². The molecule has 0 fully saturated rings. The number of imide groups is 2. The number of nitrogens with zero attached hydrogens (tertiary/aromatic N) is 2. The van der Waals surface area contributed by atoms with Gasteiger partial charge in [0.25, 0.3) is 23.6 Å². The molecule has 0 N–H and O–H groups in total. The zero-order valence-corrected chi connectivity index (χ0v) is 18.5. The summed E-state index contributed by atoms with van der Waals surface area (Å²) >= 11 is 0. The van der Waals surface area contributed by atoms with Crippen molar-refractivity contribution in [2.45, 2.75) is 6.92 Å². The maximum Gasteiger partial charge on any atom is 0.266 e. The summed E-state index contributed by atoms with van der Waals surface area (Å²) in [5, 5.41) is 1.82. The molecule has 0 aliphatic carbocycles. The molecule has 4 aromatic carbocycles. The molecular weight excluding hydrogens is 428 g/mol. The summed E-state index contributed by atoms with van der Waals surface area (Å²) in [6.07, 6.45) is 0. The van der Waals surface area contributed by atoms with Crippen molar-refractivity contribution in [3.63, 3.8) is 0 Å². The minimum absolute atomic E-state index is 0.312. The number of amides is 4. The highest BCUT2D eigenvalue weighted by atomic mass is 16.2. The maximum absolute atomic E-state index is 13.4. The van der Waals surface area contributed by atoms with E-state index in [0.29, 0.717) is 39.1 Å². The number of hydrogen-bond donors (Lipinski definition) is 0. The Morgan fingerprint density at radius 3 is 1.79 bits per heavy atom. The van der Waals surface area contributed by atoms with Gasteiger partial charge in [-0.05, 0) is 59.3 Å². The van der Waals surface area contributed by atoms with E-state index >= 15 is 0 Å². The molecule has 2 aliphatic heterocycles. The monoisotopic (exact) mass is 446 g/mol. The van der Waals surface area contributed by atoms with Gasteiger partial charge in [0, 0.05) is 12.4 Å². The highest BCUT2D eigenvalue weighted by molar-refractivity contribution is 6.36. The van der Waals surface area contributed by atoms with Crippen LogP contribution in [0.4, 0.5) is 5.69 Å². The Kier molecular flexibility index (Phi) is 4.10. The molecule has 6 heteroatoms. The first-order valence-corrected chi connectivity index (χ1v) is 10.8. The van der Waals surface area contributed by atoms with Crippen LogP contribution in [0.2, 0.25) is 0 Å². The maximum atomic E-state index is 13.4. The second kappa shape index (κ2) is 6.96. The summed E-state index contributed by atoms with van der Waals surface area (Å²) in [6.45, 7) is 1.99. The van der Waals surface area contributed by atoms with E-state index in [4.69, 9.17) is 0 Å². The highest BCUT2D eigenvalue weighted by Gasteiger charge is 2.38. The van der Waals surface area contributed by atoms with Crippen LogP contribution in [-0.4, -0.2) is 35.6 Å². The Morgan fingerprint density at radius 1 is 0.559 bits per heavy atom. The Hall–Kier alpha value is -4.58. The molecule has 0 atom stereocenters. The van der Waals surface area contributed by atoms with E-state index in [1.54, 1.807) is 42.5 Å². The van der Waals surface area contributed by atoms with Gasteiger partial charge in [-0.25, -0.2) is 4.90 Å². The van der Waals surface area contributed by atoms with E-state index in [-0.39, 0.29) is 23.6 Å². The van der Waals surface area contributed by atoms with Crippen molar-refractivity contribution in [3.05, 3.63) is 101 Å². The van der Waals surface area contributed by atoms with Crippen molar-refractivity contribution in [2.75, 3.05) is 11.9 Å². The topological polar surface area (TPSA) is 74.8 Å². The minimum atomic E-state index is -0.386. The molecule has 0 spiro atoms. The normalized spacial score (nSPS) is 14.9. The zero-order chi connectivity index (χ0) is 23.7. The third-order valence-corrected chi connectivity index (χ3v) is 6.67. The van der Waals surface area contributed by atoms with Crippen LogP contribution < -0.4 is 4.90 Å².